The van der Waals surface area contributed by atoms with Gasteiger partial charge in [-0.3, -0.25) is 4.79 Å². The first kappa shape index (κ1) is 27.5. The number of alkyl carbamates (subject to hydrolysis) is 1. The van der Waals surface area contributed by atoms with E-state index in [2.05, 4.69) is 22.5 Å². The second-order valence-electron chi connectivity index (χ2n) is 11.1. The third-order valence-corrected chi connectivity index (χ3v) is 6.93. The summed E-state index contributed by atoms with van der Waals surface area (Å²) in [6, 6.07) is 7.66. The van der Waals surface area contributed by atoms with E-state index in [4.69, 9.17) is 9.47 Å². The number of ether oxygens (including phenoxy) is 2. The van der Waals surface area contributed by atoms with Crippen molar-refractivity contribution in [2.75, 3.05) is 32.8 Å². The minimum Gasteiger partial charge on any atom is -0.444 e. The Bertz CT molecular complexity index is 805. The molecule has 0 spiro atoms. The van der Waals surface area contributed by atoms with Gasteiger partial charge in [0, 0.05) is 37.8 Å². The lowest BCUT2D eigenvalue weighted by Gasteiger charge is -2.39. The smallest absolute Gasteiger partial charge is 0.407 e. The lowest BCUT2D eigenvalue weighted by atomic mass is 9.83. The molecule has 196 valence electrons. The Kier molecular flexibility index (Phi) is 10.4. The van der Waals surface area contributed by atoms with Gasteiger partial charge in [-0.05, 0) is 89.5 Å². The summed E-state index contributed by atoms with van der Waals surface area (Å²) in [6.45, 7) is 12.9. The van der Waals surface area contributed by atoms with Gasteiger partial charge in [-0.15, -0.1) is 0 Å². The normalized spacial score (nSPS) is 23.5. The van der Waals surface area contributed by atoms with Crippen LogP contribution in [0, 0.1) is 11.8 Å². The molecule has 1 saturated carbocycles. The topological polar surface area (TPSA) is 79.9 Å². The quantitative estimate of drug-likeness (QED) is 0.526. The second kappa shape index (κ2) is 13.3. The van der Waals surface area contributed by atoms with Crippen LogP contribution in [0.25, 0.3) is 0 Å². The summed E-state index contributed by atoms with van der Waals surface area (Å²) in [7, 11) is 0. The zero-order chi connectivity index (χ0) is 25.3. The van der Waals surface area contributed by atoms with E-state index in [-0.39, 0.29) is 11.9 Å². The number of amides is 2. The summed E-state index contributed by atoms with van der Waals surface area (Å²) in [5.41, 5.74) is 1.06. The molecule has 2 amide bonds. The van der Waals surface area contributed by atoms with Gasteiger partial charge >= 0.3 is 6.09 Å². The summed E-state index contributed by atoms with van der Waals surface area (Å²) in [6.07, 6.45) is 6.68. The molecule has 1 aromatic carbocycles. The molecule has 35 heavy (non-hydrogen) atoms. The van der Waals surface area contributed by atoms with Crippen LogP contribution in [-0.4, -0.2) is 61.4 Å². The number of hydrogen-bond acceptors (Lipinski definition) is 5. The number of nitrogens with one attached hydrogen (secondary N) is 2. The van der Waals surface area contributed by atoms with Crippen molar-refractivity contribution in [3.63, 3.8) is 0 Å². The van der Waals surface area contributed by atoms with Crippen molar-refractivity contribution in [1.29, 1.82) is 0 Å². The van der Waals surface area contributed by atoms with Crippen LogP contribution in [0.1, 0.15) is 82.1 Å². The largest absolute Gasteiger partial charge is 0.444 e. The fourth-order valence-electron chi connectivity index (χ4n) is 5.20. The second-order valence-corrected chi connectivity index (χ2v) is 11.1. The molecule has 0 radical (unpaired) electrons. The van der Waals surface area contributed by atoms with Crippen LogP contribution in [0.4, 0.5) is 4.79 Å². The van der Waals surface area contributed by atoms with Gasteiger partial charge in [0.05, 0.1) is 6.61 Å². The number of likely N-dealkylation sites (tertiary alicyclic amines) is 1. The van der Waals surface area contributed by atoms with Crippen LogP contribution in [0.5, 0.6) is 0 Å². The van der Waals surface area contributed by atoms with Crippen LogP contribution in [0.2, 0.25) is 0 Å². The Hall–Kier alpha value is -2.12. The molecule has 7 nitrogen and oxygen atoms in total. The molecule has 2 fully saturated rings. The van der Waals surface area contributed by atoms with E-state index in [0.717, 1.165) is 44.8 Å². The Morgan fingerprint density at radius 1 is 1.06 bits per heavy atom. The zero-order valence-electron chi connectivity index (χ0n) is 22.1. The molecule has 1 aliphatic heterocycles. The highest BCUT2D eigenvalue weighted by molar-refractivity contribution is 5.94. The summed E-state index contributed by atoms with van der Waals surface area (Å²) >= 11 is 0. The lowest BCUT2D eigenvalue weighted by molar-refractivity contribution is 0.0522. The zero-order valence-corrected chi connectivity index (χ0v) is 22.1. The molecular weight excluding hydrogens is 442 g/mol. The number of carbonyl (C=O) groups is 2. The van der Waals surface area contributed by atoms with Crippen molar-refractivity contribution in [3.05, 3.63) is 35.4 Å². The van der Waals surface area contributed by atoms with Crippen LogP contribution in [0.3, 0.4) is 0 Å². The number of rotatable bonds is 9. The van der Waals surface area contributed by atoms with E-state index < -0.39 is 11.7 Å². The van der Waals surface area contributed by atoms with Crippen molar-refractivity contribution >= 4 is 12.0 Å². The molecule has 3 rings (SSSR count). The number of nitrogens with zero attached hydrogens (tertiary/aromatic N) is 1. The average molecular weight is 488 g/mol. The lowest BCUT2D eigenvalue weighted by Crippen LogP contribution is -2.48. The maximum absolute atomic E-state index is 13.0. The van der Waals surface area contributed by atoms with Gasteiger partial charge in [-0.25, -0.2) is 4.79 Å². The Morgan fingerprint density at radius 3 is 2.51 bits per heavy atom. The highest BCUT2D eigenvalue weighted by Gasteiger charge is 2.30. The standard InChI is InChI=1S/C28H45N3O4/c1-5-34-20-22-9-8-16-31(18-22)19-24-10-6-7-11-25(24)30-26(32)23-14-12-21(13-15-23)17-29-27(33)35-28(2,3)4/h12-15,22,24-25H,5-11,16-20H2,1-4H3,(H,29,33)(H,30,32)/t22?,24-,25+/m0/s1. The van der Waals surface area contributed by atoms with E-state index in [0.29, 0.717) is 23.9 Å². The first-order valence-corrected chi connectivity index (χ1v) is 13.4. The van der Waals surface area contributed by atoms with E-state index in [9.17, 15) is 9.59 Å². The Balaban J connectivity index is 1.49. The van der Waals surface area contributed by atoms with Crippen LogP contribution in [-0.2, 0) is 16.0 Å². The molecule has 1 heterocycles. The maximum atomic E-state index is 13.0. The van der Waals surface area contributed by atoms with Crippen molar-refractivity contribution in [2.24, 2.45) is 11.8 Å². The van der Waals surface area contributed by atoms with Crippen molar-refractivity contribution < 1.29 is 19.1 Å². The summed E-state index contributed by atoms with van der Waals surface area (Å²) in [5, 5.41) is 6.09. The first-order valence-electron chi connectivity index (χ1n) is 13.4. The van der Waals surface area contributed by atoms with Crippen LogP contribution in [0.15, 0.2) is 24.3 Å². The monoisotopic (exact) mass is 487 g/mol. The third kappa shape index (κ3) is 9.45. The van der Waals surface area contributed by atoms with Gasteiger partial charge in [-0.2, -0.15) is 0 Å². The van der Waals surface area contributed by atoms with Crippen molar-refractivity contribution in [2.45, 2.75) is 84.4 Å². The average Bonchev–Trinajstić information content (AvgIpc) is 2.82. The highest BCUT2D eigenvalue weighted by Crippen LogP contribution is 2.27. The fraction of sp³-hybridized carbons (Fsp3) is 0.714. The number of benzene rings is 1. The third-order valence-electron chi connectivity index (χ3n) is 6.93. The Labute approximate surface area is 211 Å². The molecular formula is C28H45N3O4. The summed E-state index contributed by atoms with van der Waals surface area (Å²) in [5.74, 6) is 1.11. The molecule has 1 aliphatic carbocycles. The Morgan fingerprint density at radius 2 is 1.80 bits per heavy atom. The van der Waals surface area contributed by atoms with Crippen LogP contribution < -0.4 is 10.6 Å². The van der Waals surface area contributed by atoms with E-state index in [1.165, 1.54) is 32.1 Å². The molecule has 0 bridgehead atoms. The van der Waals surface area contributed by atoms with Gasteiger partial charge in [-0.1, -0.05) is 25.0 Å². The molecule has 1 saturated heterocycles. The van der Waals surface area contributed by atoms with Gasteiger partial charge in [0.15, 0.2) is 0 Å². The van der Waals surface area contributed by atoms with Crippen molar-refractivity contribution in [1.82, 2.24) is 15.5 Å². The van der Waals surface area contributed by atoms with Gasteiger partial charge in [0.25, 0.3) is 5.91 Å². The molecule has 1 unspecified atom stereocenters. The van der Waals surface area contributed by atoms with E-state index in [1.54, 1.807) is 0 Å². The first-order chi connectivity index (χ1) is 16.7. The van der Waals surface area contributed by atoms with Crippen molar-refractivity contribution in [3.8, 4) is 0 Å². The number of hydrogen-bond donors (Lipinski definition) is 2. The van der Waals surface area contributed by atoms with Crippen LogP contribution >= 0.6 is 0 Å². The molecule has 3 atom stereocenters. The van der Waals surface area contributed by atoms with E-state index >= 15 is 0 Å². The summed E-state index contributed by atoms with van der Waals surface area (Å²) < 4.78 is 10.9. The minimum absolute atomic E-state index is 0.0126. The fourth-order valence-corrected chi connectivity index (χ4v) is 5.20. The molecule has 0 aromatic heterocycles. The van der Waals surface area contributed by atoms with E-state index in [1.807, 2.05) is 45.0 Å². The molecule has 7 heteroatoms. The SMILES string of the molecule is CCOCC1CCCN(C[C@@H]2CCCC[C@H]2NC(=O)c2ccc(CNC(=O)OC(C)(C)C)cc2)C1. The molecule has 2 N–H and O–H groups in total. The predicted octanol–water partition coefficient (Wildman–Crippen LogP) is 4.75. The van der Waals surface area contributed by atoms with Gasteiger partial charge < -0.3 is 25.0 Å². The molecule has 2 aliphatic rings. The highest BCUT2D eigenvalue weighted by atomic mass is 16.6. The van der Waals surface area contributed by atoms with Gasteiger partial charge in [0.1, 0.15) is 5.60 Å². The minimum atomic E-state index is -0.526. The predicted molar refractivity (Wildman–Crippen MR) is 138 cm³/mol. The number of piperidine rings is 1. The summed E-state index contributed by atoms with van der Waals surface area (Å²) in [4.78, 5) is 27.5. The molecule has 1 aromatic rings. The number of carbonyl (C=O) groups excluding carboxylic acids is 2. The maximum Gasteiger partial charge on any atom is 0.407 e. The van der Waals surface area contributed by atoms with Gasteiger partial charge in [0.2, 0.25) is 0 Å².